The molecule has 0 bridgehead atoms. The number of aromatic nitrogens is 3. The first kappa shape index (κ1) is 20.3. The molecule has 8 heteroatoms. The van der Waals surface area contributed by atoms with Gasteiger partial charge in [0.15, 0.2) is 11.4 Å². The standard InChI is InChI=1S/C23H21N5O3/c24-22(30)20-21(29)19(27-23(28-20)26-18-9-12-31-13-10-18)17-7-5-15(6-8-17)3-4-16-2-1-11-25-14-16/h1-2,5-8,11,14,18,29H,9-10,12-13H2,(H2,24,30)(H,26,27,28). The number of aromatic hydroxyl groups is 1. The largest absolute Gasteiger partial charge is 0.504 e. The van der Waals surface area contributed by atoms with Crippen molar-refractivity contribution < 1.29 is 14.6 Å². The number of amides is 1. The molecule has 1 fully saturated rings. The van der Waals surface area contributed by atoms with Crippen LogP contribution in [0.2, 0.25) is 0 Å². The molecule has 3 heterocycles. The second kappa shape index (κ2) is 9.24. The predicted molar refractivity (Wildman–Crippen MR) is 115 cm³/mol. The second-order valence-electron chi connectivity index (χ2n) is 7.06. The lowest BCUT2D eigenvalue weighted by Gasteiger charge is -2.23. The first-order chi connectivity index (χ1) is 15.1. The van der Waals surface area contributed by atoms with Crippen molar-refractivity contribution in [2.45, 2.75) is 18.9 Å². The van der Waals surface area contributed by atoms with Crippen molar-refractivity contribution in [2.24, 2.45) is 5.73 Å². The monoisotopic (exact) mass is 415 g/mol. The molecule has 3 aromatic rings. The number of nitrogens with zero attached hydrogens (tertiary/aromatic N) is 3. The number of hydrogen-bond acceptors (Lipinski definition) is 7. The molecule has 0 saturated carbocycles. The van der Waals surface area contributed by atoms with Crippen LogP contribution in [0.25, 0.3) is 11.3 Å². The molecule has 0 aliphatic carbocycles. The van der Waals surface area contributed by atoms with Gasteiger partial charge in [-0.1, -0.05) is 24.0 Å². The van der Waals surface area contributed by atoms with Crippen molar-refractivity contribution in [3.05, 3.63) is 65.6 Å². The van der Waals surface area contributed by atoms with Gasteiger partial charge in [0.1, 0.15) is 5.69 Å². The first-order valence-electron chi connectivity index (χ1n) is 9.88. The van der Waals surface area contributed by atoms with Crippen LogP contribution in [0.1, 0.15) is 34.5 Å². The van der Waals surface area contributed by atoms with E-state index in [1.165, 1.54) is 0 Å². The minimum Gasteiger partial charge on any atom is -0.504 e. The summed E-state index contributed by atoms with van der Waals surface area (Å²) in [6.45, 7) is 1.29. The smallest absolute Gasteiger partial charge is 0.271 e. The third-order valence-corrected chi connectivity index (χ3v) is 4.84. The van der Waals surface area contributed by atoms with Crippen LogP contribution in [0.3, 0.4) is 0 Å². The van der Waals surface area contributed by atoms with Gasteiger partial charge in [-0.05, 0) is 37.1 Å². The predicted octanol–water partition coefficient (Wildman–Crippen LogP) is 2.33. The number of nitrogens with two attached hydrogens (primary N) is 1. The van der Waals surface area contributed by atoms with E-state index in [4.69, 9.17) is 10.5 Å². The van der Waals surface area contributed by atoms with Gasteiger partial charge >= 0.3 is 0 Å². The van der Waals surface area contributed by atoms with Gasteiger partial charge < -0.3 is 20.9 Å². The van der Waals surface area contributed by atoms with Gasteiger partial charge in [0.25, 0.3) is 5.91 Å². The Morgan fingerprint density at radius 1 is 1.10 bits per heavy atom. The summed E-state index contributed by atoms with van der Waals surface area (Å²) >= 11 is 0. The fourth-order valence-corrected chi connectivity index (χ4v) is 3.21. The Bertz CT molecular complexity index is 1130. The molecule has 0 radical (unpaired) electrons. The van der Waals surface area contributed by atoms with Crippen LogP contribution >= 0.6 is 0 Å². The Balaban J connectivity index is 1.63. The Labute approximate surface area is 179 Å². The van der Waals surface area contributed by atoms with Gasteiger partial charge in [0.05, 0.1) is 0 Å². The highest BCUT2D eigenvalue weighted by molar-refractivity contribution is 5.96. The summed E-state index contributed by atoms with van der Waals surface area (Å²) in [5.41, 5.74) is 7.65. The van der Waals surface area contributed by atoms with Crippen LogP contribution in [0.4, 0.5) is 5.95 Å². The molecule has 1 aromatic carbocycles. The fraction of sp³-hybridized carbons (Fsp3) is 0.217. The Kier molecular flexibility index (Phi) is 6.05. The molecule has 4 rings (SSSR count). The van der Waals surface area contributed by atoms with Crippen LogP contribution in [0.5, 0.6) is 5.75 Å². The molecule has 4 N–H and O–H groups in total. The zero-order valence-corrected chi connectivity index (χ0v) is 16.7. The van der Waals surface area contributed by atoms with E-state index in [0.717, 1.165) is 24.0 Å². The molecule has 0 unspecified atom stereocenters. The average molecular weight is 415 g/mol. The number of rotatable bonds is 4. The molecular formula is C23H21N5O3. The van der Waals surface area contributed by atoms with E-state index < -0.39 is 5.91 Å². The van der Waals surface area contributed by atoms with E-state index in [9.17, 15) is 9.90 Å². The van der Waals surface area contributed by atoms with E-state index in [0.29, 0.717) is 18.8 Å². The molecule has 0 atom stereocenters. The van der Waals surface area contributed by atoms with E-state index in [2.05, 4.69) is 32.1 Å². The second-order valence-corrected chi connectivity index (χ2v) is 7.06. The SMILES string of the molecule is NC(=O)c1nc(NC2CCOCC2)nc(-c2ccc(C#Cc3cccnc3)cc2)c1O. The highest BCUT2D eigenvalue weighted by atomic mass is 16.5. The molecule has 156 valence electrons. The molecule has 1 amide bonds. The van der Waals surface area contributed by atoms with Crippen LogP contribution in [-0.2, 0) is 4.74 Å². The van der Waals surface area contributed by atoms with Gasteiger partial charge in [-0.2, -0.15) is 0 Å². The minimum absolute atomic E-state index is 0.122. The summed E-state index contributed by atoms with van der Waals surface area (Å²) in [5, 5.41) is 13.8. The van der Waals surface area contributed by atoms with Crippen LogP contribution in [0.15, 0.2) is 48.8 Å². The highest BCUT2D eigenvalue weighted by Crippen LogP contribution is 2.31. The molecule has 1 aliphatic rings. The number of ether oxygens (including phenoxy) is 1. The lowest BCUT2D eigenvalue weighted by Crippen LogP contribution is -2.29. The Morgan fingerprint density at radius 2 is 1.84 bits per heavy atom. The molecule has 1 saturated heterocycles. The minimum atomic E-state index is -0.824. The van der Waals surface area contributed by atoms with Crippen LogP contribution < -0.4 is 11.1 Å². The fourth-order valence-electron chi connectivity index (χ4n) is 3.21. The number of carbonyl (C=O) groups excluding carboxylic acids is 1. The molecule has 1 aliphatic heterocycles. The number of hydrogen-bond donors (Lipinski definition) is 3. The summed E-state index contributed by atoms with van der Waals surface area (Å²) in [6.07, 6.45) is 4.99. The molecular weight excluding hydrogens is 394 g/mol. The van der Waals surface area contributed by atoms with Gasteiger partial charge in [0.2, 0.25) is 5.95 Å². The highest BCUT2D eigenvalue weighted by Gasteiger charge is 2.21. The van der Waals surface area contributed by atoms with Crippen molar-refractivity contribution in [2.75, 3.05) is 18.5 Å². The van der Waals surface area contributed by atoms with Gasteiger partial charge in [0, 0.05) is 48.3 Å². The maximum atomic E-state index is 11.8. The number of carbonyl (C=O) groups is 1. The van der Waals surface area contributed by atoms with E-state index in [1.54, 1.807) is 24.5 Å². The maximum absolute atomic E-state index is 11.8. The van der Waals surface area contributed by atoms with Gasteiger partial charge in [-0.25, -0.2) is 9.97 Å². The zero-order chi connectivity index (χ0) is 21.6. The van der Waals surface area contributed by atoms with Crippen molar-refractivity contribution in [3.8, 4) is 28.8 Å². The van der Waals surface area contributed by atoms with Gasteiger partial charge in [-0.3, -0.25) is 9.78 Å². The Morgan fingerprint density at radius 3 is 2.52 bits per heavy atom. The first-order valence-corrected chi connectivity index (χ1v) is 9.88. The number of pyridine rings is 1. The van der Waals surface area contributed by atoms with E-state index in [1.807, 2.05) is 24.3 Å². The lowest BCUT2D eigenvalue weighted by atomic mass is 10.1. The number of anilines is 1. The van der Waals surface area contributed by atoms with E-state index >= 15 is 0 Å². The normalized spacial score (nSPS) is 13.8. The van der Waals surface area contributed by atoms with Crippen molar-refractivity contribution in [1.29, 1.82) is 0 Å². The van der Waals surface area contributed by atoms with Gasteiger partial charge in [-0.15, -0.1) is 0 Å². The van der Waals surface area contributed by atoms with Crippen molar-refractivity contribution >= 4 is 11.9 Å². The van der Waals surface area contributed by atoms with Crippen molar-refractivity contribution in [1.82, 2.24) is 15.0 Å². The summed E-state index contributed by atoms with van der Waals surface area (Å²) in [5.74, 6) is 5.18. The van der Waals surface area contributed by atoms with Crippen LogP contribution in [-0.4, -0.2) is 45.2 Å². The van der Waals surface area contributed by atoms with E-state index in [-0.39, 0.29) is 29.1 Å². The number of benzene rings is 1. The molecule has 2 aromatic heterocycles. The maximum Gasteiger partial charge on any atom is 0.271 e. The third kappa shape index (κ3) is 4.97. The summed E-state index contributed by atoms with van der Waals surface area (Å²) in [4.78, 5) is 24.4. The molecule has 0 spiro atoms. The third-order valence-electron chi connectivity index (χ3n) is 4.84. The summed E-state index contributed by atoms with van der Waals surface area (Å²) in [7, 11) is 0. The zero-order valence-electron chi connectivity index (χ0n) is 16.7. The topological polar surface area (TPSA) is 123 Å². The number of nitrogens with one attached hydrogen (secondary N) is 1. The summed E-state index contributed by atoms with van der Waals surface area (Å²) < 4.78 is 5.36. The molecule has 8 nitrogen and oxygen atoms in total. The lowest BCUT2D eigenvalue weighted by molar-refractivity contribution is 0.0902. The Hall–Kier alpha value is -3.96. The molecule has 31 heavy (non-hydrogen) atoms. The quantitative estimate of drug-likeness (QED) is 0.559. The summed E-state index contributed by atoms with van der Waals surface area (Å²) in [6, 6.07) is 11.0. The van der Waals surface area contributed by atoms with Crippen molar-refractivity contribution in [3.63, 3.8) is 0 Å². The number of primary amides is 1. The average Bonchev–Trinajstić information content (AvgIpc) is 2.80. The van der Waals surface area contributed by atoms with Crippen LogP contribution in [0, 0.1) is 11.8 Å².